The number of carbonyl (C=O) groups is 2. The van der Waals surface area contributed by atoms with Crippen molar-refractivity contribution >= 4 is 35.5 Å². The van der Waals surface area contributed by atoms with Crippen molar-refractivity contribution in [3.05, 3.63) is 11.6 Å². The van der Waals surface area contributed by atoms with Gasteiger partial charge in [-0.2, -0.15) is 0 Å². The Bertz CT molecular complexity index is 995. The Morgan fingerprint density at radius 1 is 0.675 bits per heavy atom. The van der Waals surface area contributed by atoms with Crippen LogP contribution in [-0.2, 0) is 31.9 Å². The van der Waals surface area contributed by atoms with Crippen LogP contribution >= 0.6 is 23.5 Å². The van der Waals surface area contributed by atoms with Crippen molar-refractivity contribution in [2.24, 2.45) is 0 Å². The Morgan fingerprint density at radius 2 is 1.07 bits per heavy atom. The van der Waals surface area contributed by atoms with Gasteiger partial charge in [0.05, 0.1) is 24.7 Å². The average Bonchev–Trinajstić information content (AvgIpc) is 3.58. The molecule has 2 aromatic rings. The van der Waals surface area contributed by atoms with Crippen molar-refractivity contribution in [2.45, 2.75) is 126 Å². The SMILES string of the molecule is CCOC(=O)CSc1nnc(CCCCc2nnc(SCC(=O)OCC)n2C2CCCCC2)n1C1CCCCC1. The second-order valence-corrected chi connectivity index (χ2v) is 12.4. The van der Waals surface area contributed by atoms with Gasteiger partial charge in [0, 0.05) is 24.9 Å². The van der Waals surface area contributed by atoms with E-state index in [-0.39, 0.29) is 23.4 Å². The summed E-state index contributed by atoms with van der Waals surface area (Å²) in [6, 6.07) is 0.800. The maximum atomic E-state index is 12.0. The van der Waals surface area contributed by atoms with Crippen molar-refractivity contribution < 1.29 is 19.1 Å². The molecule has 2 aliphatic carbocycles. The molecule has 0 unspecified atom stereocenters. The maximum Gasteiger partial charge on any atom is 0.316 e. The molecule has 0 aromatic carbocycles. The second-order valence-electron chi connectivity index (χ2n) is 10.5. The lowest BCUT2D eigenvalue weighted by atomic mass is 9.95. The van der Waals surface area contributed by atoms with Crippen LogP contribution in [-0.4, -0.2) is 66.2 Å². The van der Waals surface area contributed by atoms with E-state index < -0.39 is 0 Å². The van der Waals surface area contributed by atoms with Gasteiger partial charge >= 0.3 is 11.9 Å². The first kappa shape index (κ1) is 30.9. The standard InChI is InChI=1S/C28H44N6O4S2/c1-3-37-25(35)19-39-27-31-29-23(33(27)21-13-7-5-8-14-21)17-11-12-18-24-30-32-28(40-20-26(36)38-4-2)34(24)22-15-9-6-10-16-22/h21-22H,3-20H2,1-2H3. The molecule has 2 fully saturated rings. The maximum absolute atomic E-state index is 12.0. The third kappa shape index (κ3) is 8.71. The summed E-state index contributed by atoms with van der Waals surface area (Å²) in [7, 11) is 0. The number of hydrogen-bond donors (Lipinski definition) is 0. The van der Waals surface area contributed by atoms with Crippen LogP contribution in [0.4, 0.5) is 0 Å². The van der Waals surface area contributed by atoms with Crippen molar-refractivity contribution in [1.82, 2.24) is 29.5 Å². The summed E-state index contributed by atoms with van der Waals surface area (Å²) in [5.74, 6) is 2.11. The molecule has 10 nitrogen and oxygen atoms in total. The van der Waals surface area contributed by atoms with Crippen LogP contribution < -0.4 is 0 Å². The van der Waals surface area contributed by atoms with Gasteiger partial charge in [-0.05, 0) is 52.4 Å². The van der Waals surface area contributed by atoms with Gasteiger partial charge in [0.15, 0.2) is 10.3 Å². The molecule has 2 heterocycles. The molecule has 0 atom stereocenters. The number of unbranched alkanes of at least 4 members (excludes halogenated alkanes) is 1. The summed E-state index contributed by atoms with van der Waals surface area (Å²) in [5.41, 5.74) is 0. The summed E-state index contributed by atoms with van der Waals surface area (Å²) < 4.78 is 14.8. The Morgan fingerprint density at radius 3 is 1.45 bits per heavy atom. The number of aryl methyl sites for hydroxylation is 2. The van der Waals surface area contributed by atoms with Gasteiger partial charge in [-0.1, -0.05) is 62.0 Å². The van der Waals surface area contributed by atoms with E-state index in [9.17, 15) is 9.59 Å². The van der Waals surface area contributed by atoms with Crippen LogP contribution in [0, 0.1) is 0 Å². The molecule has 2 saturated carbocycles. The highest BCUT2D eigenvalue weighted by atomic mass is 32.2. The minimum atomic E-state index is -0.214. The van der Waals surface area contributed by atoms with Gasteiger partial charge in [0.2, 0.25) is 0 Å². The number of thioether (sulfide) groups is 2. The molecule has 0 aliphatic heterocycles. The lowest BCUT2D eigenvalue weighted by Crippen LogP contribution is -2.18. The van der Waals surface area contributed by atoms with Gasteiger partial charge in [0.25, 0.3) is 0 Å². The topological polar surface area (TPSA) is 114 Å². The minimum Gasteiger partial charge on any atom is -0.465 e. The van der Waals surface area contributed by atoms with Crippen molar-refractivity contribution in [2.75, 3.05) is 24.7 Å². The molecule has 2 aliphatic rings. The summed E-state index contributed by atoms with van der Waals surface area (Å²) in [6.45, 7) is 4.43. The second kappa shape index (κ2) is 16.4. The molecule has 40 heavy (non-hydrogen) atoms. The molecule has 0 radical (unpaired) electrons. The molecule has 2 aromatic heterocycles. The highest BCUT2D eigenvalue weighted by molar-refractivity contribution is 8.00. The minimum absolute atomic E-state index is 0.214. The van der Waals surface area contributed by atoms with E-state index in [1.165, 1.54) is 62.0 Å². The zero-order valence-electron chi connectivity index (χ0n) is 24.0. The fourth-order valence-corrected chi connectivity index (χ4v) is 7.43. The molecule has 4 rings (SSSR count). The molecule has 222 valence electrons. The van der Waals surface area contributed by atoms with Gasteiger partial charge in [0.1, 0.15) is 11.6 Å². The van der Waals surface area contributed by atoms with Crippen LogP contribution in [0.25, 0.3) is 0 Å². The molecular formula is C28H44N6O4S2. The summed E-state index contributed by atoms with van der Waals surface area (Å²) in [4.78, 5) is 23.9. The third-order valence-electron chi connectivity index (χ3n) is 7.65. The third-order valence-corrected chi connectivity index (χ3v) is 9.48. The Hall–Kier alpha value is -2.08. The van der Waals surface area contributed by atoms with Gasteiger partial charge in [-0.25, -0.2) is 0 Å². The van der Waals surface area contributed by atoms with Gasteiger partial charge < -0.3 is 18.6 Å². The van der Waals surface area contributed by atoms with Crippen molar-refractivity contribution in [3.63, 3.8) is 0 Å². The van der Waals surface area contributed by atoms with E-state index in [4.69, 9.17) is 9.47 Å². The molecule has 0 N–H and O–H groups in total. The first-order chi connectivity index (χ1) is 19.6. The molecule has 0 saturated heterocycles. The van der Waals surface area contributed by atoms with Gasteiger partial charge in [-0.15, -0.1) is 20.4 Å². The monoisotopic (exact) mass is 592 g/mol. The van der Waals surface area contributed by atoms with Crippen LogP contribution in [0.15, 0.2) is 10.3 Å². The quantitative estimate of drug-likeness (QED) is 0.144. The molecular weight excluding hydrogens is 548 g/mol. The zero-order valence-corrected chi connectivity index (χ0v) is 25.6. The number of hydrogen-bond acceptors (Lipinski definition) is 10. The number of nitrogens with zero attached hydrogens (tertiary/aromatic N) is 6. The van der Waals surface area contributed by atoms with Crippen LogP contribution in [0.1, 0.15) is 115 Å². The normalized spacial score (nSPS) is 16.8. The first-order valence-electron chi connectivity index (χ1n) is 15.0. The van der Waals surface area contributed by atoms with Crippen LogP contribution in [0.3, 0.4) is 0 Å². The summed E-state index contributed by atoms with van der Waals surface area (Å²) >= 11 is 2.87. The summed E-state index contributed by atoms with van der Waals surface area (Å²) in [5, 5.41) is 19.8. The fraction of sp³-hybridized carbons (Fsp3) is 0.786. The number of rotatable bonds is 15. The lowest BCUT2D eigenvalue weighted by Gasteiger charge is -2.26. The largest absolute Gasteiger partial charge is 0.465 e. The van der Waals surface area contributed by atoms with E-state index in [1.807, 2.05) is 13.8 Å². The number of ether oxygens (including phenoxy) is 2. The van der Waals surface area contributed by atoms with E-state index in [1.54, 1.807) is 0 Å². The molecule has 0 amide bonds. The van der Waals surface area contributed by atoms with E-state index in [0.717, 1.165) is 73.3 Å². The van der Waals surface area contributed by atoms with Crippen LogP contribution in [0.2, 0.25) is 0 Å². The average molecular weight is 593 g/mol. The van der Waals surface area contributed by atoms with Gasteiger partial charge in [-0.3, -0.25) is 9.59 Å². The lowest BCUT2D eigenvalue weighted by molar-refractivity contribution is -0.140. The fourth-order valence-electron chi connectivity index (χ4n) is 5.78. The van der Waals surface area contributed by atoms with E-state index in [2.05, 4.69) is 29.5 Å². The van der Waals surface area contributed by atoms with Crippen LogP contribution in [0.5, 0.6) is 0 Å². The van der Waals surface area contributed by atoms with Crippen molar-refractivity contribution in [3.8, 4) is 0 Å². The number of esters is 2. The van der Waals surface area contributed by atoms with E-state index in [0.29, 0.717) is 25.3 Å². The summed E-state index contributed by atoms with van der Waals surface area (Å²) in [6.07, 6.45) is 15.6. The number of carbonyl (C=O) groups excluding carboxylic acids is 2. The molecule has 0 spiro atoms. The van der Waals surface area contributed by atoms with E-state index >= 15 is 0 Å². The number of aromatic nitrogens is 6. The Kier molecular flexibility index (Phi) is 12.6. The zero-order chi connectivity index (χ0) is 28.2. The highest BCUT2D eigenvalue weighted by Gasteiger charge is 2.25. The molecule has 12 heteroatoms. The highest BCUT2D eigenvalue weighted by Crippen LogP contribution is 2.34. The predicted octanol–water partition coefficient (Wildman–Crippen LogP) is 5.76. The van der Waals surface area contributed by atoms with Crippen molar-refractivity contribution in [1.29, 1.82) is 0 Å². The predicted molar refractivity (Wildman–Crippen MR) is 156 cm³/mol. The Balaban J connectivity index is 1.39. The first-order valence-corrected chi connectivity index (χ1v) is 17.0. The Labute approximate surface area is 246 Å². The molecule has 0 bridgehead atoms. The smallest absolute Gasteiger partial charge is 0.316 e.